The van der Waals surface area contributed by atoms with Gasteiger partial charge in [0.05, 0.1) is 11.9 Å². The van der Waals surface area contributed by atoms with E-state index in [0.717, 1.165) is 43.0 Å². The summed E-state index contributed by atoms with van der Waals surface area (Å²) in [6, 6.07) is 17.8. The Morgan fingerprint density at radius 1 is 1.14 bits per heavy atom. The van der Waals surface area contributed by atoms with Crippen molar-refractivity contribution in [3.8, 4) is 11.3 Å². The minimum absolute atomic E-state index is 0.217. The average Bonchev–Trinajstić information content (AvgIpc) is 3.17. The molecule has 1 N–H and O–H groups in total. The van der Waals surface area contributed by atoms with Gasteiger partial charge in [0.1, 0.15) is 5.82 Å². The number of nitrogens with one attached hydrogen (secondary N) is 1. The first-order chi connectivity index (χ1) is 13.7. The van der Waals surface area contributed by atoms with Gasteiger partial charge in [0.2, 0.25) is 0 Å². The molecular formula is C23H27FN4. The van der Waals surface area contributed by atoms with Crippen molar-refractivity contribution < 1.29 is 4.39 Å². The van der Waals surface area contributed by atoms with Crippen LogP contribution in [0.25, 0.3) is 11.3 Å². The van der Waals surface area contributed by atoms with Crippen molar-refractivity contribution in [3.05, 3.63) is 77.7 Å². The Bertz CT molecular complexity index is 875. The molecular weight excluding hydrogens is 351 g/mol. The van der Waals surface area contributed by atoms with Gasteiger partial charge in [0.15, 0.2) is 0 Å². The maximum Gasteiger partial charge on any atom is 0.123 e. The van der Waals surface area contributed by atoms with E-state index in [1.165, 1.54) is 30.5 Å². The van der Waals surface area contributed by atoms with Crippen LogP contribution < -0.4 is 0 Å². The Hall–Kier alpha value is -2.50. The number of H-pyrrole nitrogens is 1. The smallest absolute Gasteiger partial charge is 0.123 e. The van der Waals surface area contributed by atoms with E-state index in [0.29, 0.717) is 6.04 Å². The summed E-state index contributed by atoms with van der Waals surface area (Å²) in [4.78, 5) is 4.98. The molecule has 2 heterocycles. The zero-order valence-electron chi connectivity index (χ0n) is 16.3. The molecule has 4 nitrogen and oxygen atoms in total. The summed E-state index contributed by atoms with van der Waals surface area (Å²) in [5.41, 5.74) is 4.48. The first-order valence-corrected chi connectivity index (χ1v) is 9.94. The summed E-state index contributed by atoms with van der Waals surface area (Å²) in [6.45, 7) is 3.99. The summed E-state index contributed by atoms with van der Waals surface area (Å²) in [5.74, 6) is -0.217. The Balaban J connectivity index is 1.40. The van der Waals surface area contributed by atoms with Crippen LogP contribution >= 0.6 is 0 Å². The molecule has 0 amide bonds. The Kier molecular flexibility index (Phi) is 5.84. The van der Waals surface area contributed by atoms with E-state index in [1.807, 2.05) is 6.20 Å². The van der Waals surface area contributed by atoms with Gasteiger partial charge in [0, 0.05) is 36.8 Å². The van der Waals surface area contributed by atoms with Crippen molar-refractivity contribution in [1.82, 2.24) is 20.0 Å². The van der Waals surface area contributed by atoms with Gasteiger partial charge in [-0.15, -0.1) is 0 Å². The maximum absolute atomic E-state index is 13.2. The monoisotopic (exact) mass is 378 g/mol. The van der Waals surface area contributed by atoms with Crippen LogP contribution in [0.3, 0.4) is 0 Å². The summed E-state index contributed by atoms with van der Waals surface area (Å²) in [7, 11) is 2.23. The fourth-order valence-corrected chi connectivity index (χ4v) is 4.07. The second-order valence-electron chi connectivity index (χ2n) is 7.71. The van der Waals surface area contributed by atoms with Crippen LogP contribution in [0.1, 0.15) is 24.0 Å². The van der Waals surface area contributed by atoms with E-state index in [1.54, 1.807) is 12.1 Å². The molecule has 0 bridgehead atoms. The van der Waals surface area contributed by atoms with Crippen LogP contribution in [0.4, 0.5) is 4.39 Å². The molecule has 1 aromatic heterocycles. The van der Waals surface area contributed by atoms with Crippen LogP contribution in [-0.4, -0.2) is 46.2 Å². The number of likely N-dealkylation sites (tertiary alicyclic amines) is 1. The highest BCUT2D eigenvalue weighted by molar-refractivity contribution is 5.62. The summed E-state index contributed by atoms with van der Waals surface area (Å²) in [6.07, 6.45) is 4.33. The summed E-state index contributed by atoms with van der Waals surface area (Å²) in [5, 5.41) is 7.33. The SMILES string of the molecule is CN(Cc1ccccc1)C1CCCN(Cc2cn[nH]c2-c2ccc(F)cc2)C1. The van der Waals surface area contributed by atoms with Gasteiger partial charge in [-0.1, -0.05) is 30.3 Å². The number of piperidine rings is 1. The zero-order valence-corrected chi connectivity index (χ0v) is 16.3. The van der Waals surface area contributed by atoms with Crippen molar-refractivity contribution in [3.63, 3.8) is 0 Å². The molecule has 0 saturated carbocycles. The van der Waals surface area contributed by atoms with Crippen LogP contribution in [-0.2, 0) is 13.1 Å². The Morgan fingerprint density at radius 2 is 1.93 bits per heavy atom. The number of benzene rings is 2. The molecule has 146 valence electrons. The largest absolute Gasteiger partial charge is 0.298 e. The van der Waals surface area contributed by atoms with Crippen LogP contribution in [0, 0.1) is 5.82 Å². The highest BCUT2D eigenvalue weighted by Gasteiger charge is 2.24. The van der Waals surface area contributed by atoms with E-state index in [9.17, 15) is 4.39 Å². The average molecular weight is 378 g/mol. The molecule has 1 fully saturated rings. The van der Waals surface area contributed by atoms with Crippen molar-refractivity contribution >= 4 is 0 Å². The molecule has 2 aromatic carbocycles. The molecule has 3 aromatic rings. The molecule has 5 heteroatoms. The third-order valence-electron chi connectivity index (χ3n) is 5.62. The first-order valence-electron chi connectivity index (χ1n) is 9.94. The van der Waals surface area contributed by atoms with Gasteiger partial charge in [-0.2, -0.15) is 5.10 Å². The molecule has 0 radical (unpaired) electrons. The zero-order chi connectivity index (χ0) is 19.3. The third kappa shape index (κ3) is 4.49. The minimum Gasteiger partial charge on any atom is -0.298 e. The third-order valence-corrected chi connectivity index (χ3v) is 5.62. The van der Waals surface area contributed by atoms with Crippen molar-refractivity contribution in [1.29, 1.82) is 0 Å². The van der Waals surface area contributed by atoms with Crippen LogP contribution in [0.2, 0.25) is 0 Å². The normalized spacial score (nSPS) is 17.9. The quantitative estimate of drug-likeness (QED) is 0.694. The van der Waals surface area contributed by atoms with Gasteiger partial charge in [0.25, 0.3) is 0 Å². The fraction of sp³-hybridized carbons (Fsp3) is 0.348. The molecule has 28 heavy (non-hydrogen) atoms. The lowest BCUT2D eigenvalue weighted by Crippen LogP contribution is -2.45. The predicted molar refractivity (Wildman–Crippen MR) is 110 cm³/mol. The van der Waals surface area contributed by atoms with Gasteiger partial charge >= 0.3 is 0 Å². The number of aromatic nitrogens is 2. The number of nitrogens with zero attached hydrogens (tertiary/aromatic N) is 3. The van der Waals surface area contributed by atoms with E-state index in [4.69, 9.17) is 0 Å². The lowest BCUT2D eigenvalue weighted by atomic mass is 10.0. The number of hydrogen-bond acceptors (Lipinski definition) is 3. The molecule has 4 rings (SSSR count). The lowest BCUT2D eigenvalue weighted by molar-refractivity contribution is 0.107. The lowest BCUT2D eigenvalue weighted by Gasteiger charge is -2.37. The first kappa shape index (κ1) is 18.8. The van der Waals surface area contributed by atoms with E-state index in [-0.39, 0.29) is 5.82 Å². The second-order valence-corrected chi connectivity index (χ2v) is 7.71. The molecule has 0 spiro atoms. The van der Waals surface area contributed by atoms with Gasteiger partial charge < -0.3 is 0 Å². The van der Waals surface area contributed by atoms with E-state index in [2.05, 4.69) is 57.4 Å². The molecule has 1 saturated heterocycles. The van der Waals surface area contributed by atoms with Crippen molar-refractivity contribution in [2.45, 2.75) is 32.0 Å². The van der Waals surface area contributed by atoms with E-state index >= 15 is 0 Å². The highest BCUT2D eigenvalue weighted by atomic mass is 19.1. The van der Waals surface area contributed by atoms with Crippen molar-refractivity contribution in [2.75, 3.05) is 20.1 Å². The Labute approximate surface area is 166 Å². The molecule has 1 aliphatic heterocycles. The molecule has 0 aliphatic carbocycles. The van der Waals surface area contributed by atoms with Crippen LogP contribution in [0.15, 0.2) is 60.8 Å². The minimum atomic E-state index is -0.217. The number of rotatable bonds is 6. The number of aromatic amines is 1. The van der Waals surface area contributed by atoms with Gasteiger partial charge in [-0.3, -0.25) is 14.9 Å². The maximum atomic E-state index is 13.2. The summed E-state index contributed by atoms with van der Waals surface area (Å²) >= 11 is 0. The molecule has 1 atom stereocenters. The topological polar surface area (TPSA) is 35.2 Å². The number of halogens is 1. The van der Waals surface area contributed by atoms with E-state index < -0.39 is 0 Å². The number of likely N-dealkylation sites (N-methyl/N-ethyl adjacent to an activating group) is 1. The number of hydrogen-bond donors (Lipinski definition) is 1. The summed E-state index contributed by atoms with van der Waals surface area (Å²) < 4.78 is 13.2. The van der Waals surface area contributed by atoms with Crippen LogP contribution in [0.5, 0.6) is 0 Å². The highest BCUT2D eigenvalue weighted by Crippen LogP contribution is 2.25. The van der Waals surface area contributed by atoms with Gasteiger partial charge in [-0.05, 0) is 56.3 Å². The van der Waals surface area contributed by atoms with Gasteiger partial charge in [-0.25, -0.2) is 4.39 Å². The Morgan fingerprint density at radius 3 is 2.71 bits per heavy atom. The predicted octanol–water partition coefficient (Wildman–Crippen LogP) is 4.31. The fourth-order valence-electron chi connectivity index (χ4n) is 4.07. The molecule has 1 unspecified atom stereocenters. The van der Waals surface area contributed by atoms with Crippen molar-refractivity contribution in [2.24, 2.45) is 0 Å². The second kappa shape index (κ2) is 8.67. The molecule has 1 aliphatic rings. The standard InChI is InChI=1S/C23H27FN4/c1-27(15-18-6-3-2-4-7-18)22-8-5-13-28(17-22)16-20-14-25-26-23(20)19-9-11-21(24)12-10-19/h2-4,6-7,9-12,14,22H,5,8,13,15-17H2,1H3,(H,25,26).